The van der Waals surface area contributed by atoms with Crippen molar-refractivity contribution in [2.24, 2.45) is 23.7 Å². The number of carboxylic acids is 2. The van der Waals surface area contributed by atoms with E-state index in [0.29, 0.717) is 39.5 Å². The second-order valence-corrected chi connectivity index (χ2v) is 10.8. The van der Waals surface area contributed by atoms with Crippen molar-refractivity contribution in [2.45, 2.75) is 86.2 Å². The zero-order valence-corrected chi connectivity index (χ0v) is 22.9. The number of carbonyl (C=O) groups is 3. The van der Waals surface area contributed by atoms with Crippen LogP contribution in [0.25, 0.3) is 0 Å². The SMILES string of the molecule is CCCC(COCC(C)CC(=O)O)CN(CC(CC)COCC(C)CC(=O)O)C(=O)OC(C)(C)C. The fourth-order valence-electron chi connectivity index (χ4n) is 3.69. The molecule has 206 valence electrons. The normalized spacial score (nSPS) is 15.2. The van der Waals surface area contributed by atoms with Gasteiger partial charge in [-0.1, -0.05) is 34.1 Å². The number of hydrogen-bond acceptors (Lipinski definition) is 6. The summed E-state index contributed by atoms with van der Waals surface area (Å²) >= 11 is 0. The third kappa shape index (κ3) is 18.1. The molecular formula is C26H49NO8. The minimum absolute atomic E-state index is 0.0601. The Balaban J connectivity index is 5.15. The maximum Gasteiger partial charge on any atom is 0.410 e. The zero-order valence-electron chi connectivity index (χ0n) is 22.9. The predicted molar refractivity (Wildman–Crippen MR) is 134 cm³/mol. The molecule has 0 saturated heterocycles. The number of rotatable bonds is 19. The van der Waals surface area contributed by atoms with E-state index in [0.717, 1.165) is 19.3 Å². The second-order valence-electron chi connectivity index (χ2n) is 10.8. The van der Waals surface area contributed by atoms with E-state index < -0.39 is 17.5 Å². The van der Waals surface area contributed by atoms with E-state index in [1.165, 1.54) is 0 Å². The molecule has 0 aliphatic rings. The molecule has 0 aromatic carbocycles. The van der Waals surface area contributed by atoms with Gasteiger partial charge in [-0.3, -0.25) is 9.59 Å². The number of aliphatic carboxylic acids is 2. The van der Waals surface area contributed by atoms with Crippen molar-refractivity contribution in [3.05, 3.63) is 0 Å². The minimum Gasteiger partial charge on any atom is -0.481 e. The van der Waals surface area contributed by atoms with Crippen LogP contribution in [0.5, 0.6) is 0 Å². The van der Waals surface area contributed by atoms with E-state index >= 15 is 0 Å². The minimum atomic E-state index is -0.842. The maximum absolute atomic E-state index is 13.0. The molecule has 9 nitrogen and oxygen atoms in total. The van der Waals surface area contributed by atoms with Crippen LogP contribution in [0.15, 0.2) is 0 Å². The molecule has 0 saturated carbocycles. The van der Waals surface area contributed by atoms with E-state index in [-0.39, 0.29) is 42.6 Å². The molecule has 0 aromatic rings. The van der Waals surface area contributed by atoms with E-state index in [1.807, 2.05) is 41.5 Å². The van der Waals surface area contributed by atoms with Gasteiger partial charge < -0.3 is 29.3 Å². The van der Waals surface area contributed by atoms with Crippen LogP contribution in [0.1, 0.15) is 80.6 Å². The topological polar surface area (TPSA) is 123 Å². The van der Waals surface area contributed by atoms with Crippen LogP contribution < -0.4 is 0 Å². The molecular weight excluding hydrogens is 454 g/mol. The van der Waals surface area contributed by atoms with Gasteiger partial charge in [0.05, 0.1) is 26.1 Å². The van der Waals surface area contributed by atoms with Gasteiger partial charge >= 0.3 is 18.0 Å². The summed E-state index contributed by atoms with van der Waals surface area (Å²) < 4.78 is 17.3. The summed E-state index contributed by atoms with van der Waals surface area (Å²) in [5.41, 5.74) is -0.622. The summed E-state index contributed by atoms with van der Waals surface area (Å²) in [7, 11) is 0. The van der Waals surface area contributed by atoms with Crippen LogP contribution >= 0.6 is 0 Å². The molecule has 0 aromatic heterocycles. The third-order valence-corrected chi connectivity index (χ3v) is 5.44. The first-order chi connectivity index (χ1) is 16.3. The Bertz CT molecular complexity index is 619. The lowest BCUT2D eigenvalue weighted by atomic mass is 10.0. The van der Waals surface area contributed by atoms with Crippen LogP contribution in [-0.2, 0) is 23.8 Å². The van der Waals surface area contributed by atoms with Crippen LogP contribution in [0.3, 0.4) is 0 Å². The quantitative estimate of drug-likeness (QED) is 0.255. The molecule has 9 heteroatoms. The Hall–Kier alpha value is -1.87. The highest BCUT2D eigenvalue weighted by atomic mass is 16.6. The van der Waals surface area contributed by atoms with Crippen LogP contribution in [0, 0.1) is 23.7 Å². The Morgan fingerprint density at radius 1 is 0.800 bits per heavy atom. The van der Waals surface area contributed by atoms with E-state index in [4.69, 9.17) is 24.4 Å². The fourth-order valence-corrected chi connectivity index (χ4v) is 3.69. The number of amides is 1. The molecule has 1 amide bonds. The highest BCUT2D eigenvalue weighted by Gasteiger charge is 2.27. The third-order valence-electron chi connectivity index (χ3n) is 5.44. The van der Waals surface area contributed by atoms with E-state index in [2.05, 4.69) is 6.92 Å². The van der Waals surface area contributed by atoms with Crippen molar-refractivity contribution in [1.82, 2.24) is 4.90 Å². The fraction of sp³-hybridized carbons (Fsp3) is 0.885. The highest BCUT2D eigenvalue weighted by molar-refractivity contribution is 5.68. The number of carboxylic acid groups (broad SMARTS) is 2. The van der Waals surface area contributed by atoms with Crippen molar-refractivity contribution in [1.29, 1.82) is 0 Å². The molecule has 2 N–H and O–H groups in total. The molecule has 0 rings (SSSR count). The van der Waals surface area contributed by atoms with E-state index in [1.54, 1.807) is 4.90 Å². The van der Waals surface area contributed by atoms with Crippen molar-refractivity contribution in [2.75, 3.05) is 39.5 Å². The number of ether oxygens (including phenoxy) is 3. The summed E-state index contributed by atoms with van der Waals surface area (Å²) in [6.45, 7) is 15.9. The smallest absolute Gasteiger partial charge is 0.410 e. The van der Waals surface area contributed by atoms with Gasteiger partial charge in [-0.15, -0.1) is 0 Å². The van der Waals surface area contributed by atoms with Gasteiger partial charge in [0.15, 0.2) is 0 Å². The van der Waals surface area contributed by atoms with Gasteiger partial charge in [0.25, 0.3) is 0 Å². The van der Waals surface area contributed by atoms with Crippen molar-refractivity contribution in [3.63, 3.8) is 0 Å². The monoisotopic (exact) mass is 503 g/mol. The molecule has 0 aliphatic heterocycles. The first kappa shape index (κ1) is 33.1. The average molecular weight is 504 g/mol. The summed E-state index contributed by atoms with van der Waals surface area (Å²) in [5, 5.41) is 17.9. The van der Waals surface area contributed by atoms with Gasteiger partial charge in [-0.05, 0) is 51.4 Å². The number of carbonyl (C=O) groups excluding carboxylic acids is 1. The highest BCUT2D eigenvalue weighted by Crippen LogP contribution is 2.18. The molecule has 0 radical (unpaired) electrons. The van der Waals surface area contributed by atoms with Crippen LogP contribution in [0.2, 0.25) is 0 Å². The number of nitrogens with zero attached hydrogens (tertiary/aromatic N) is 1. The van der Waals surface area contributed by atoms with Gasteiger partial charge in [-0.25, -0.2) is 4.79 Å². The standard InChI is InChI=1S/C26H49NO8/c1-8-10-22(18-34-16-20(4)12-24(30)31)14-27(25(32)35-26(5,6)7)13-21(9-2)17-33-15-19(3)11-23(28)29/h19-22H,8-18H2,1-7H3,(H,28,29)(H,30,31). The molecule has 0 heterocycles. The summed E-state index contributed by atoms with van der Waals surface area (Å²) in [4.78, 5) is 36.5. The second kappa shape index (κ2) is 17.5. The first-order valence-electron chi connectivity index (χ1n) is 12.8. The largest absolute Gasteiger partial charge is 0.481 e. The van der Waals surface area contributed by atoms with Crippen LogP contribution in [-0.4, -0.2) is 78.3 Å². The Kier molecular flexibility index (Phi) is 16.6. The lowest BCUT2D eigenvalue weighted by Gasteiger charge is -2.32. The maximum atomic E-state index is 13.0. The van der Waals surface area contributed by atoms with Crippen molar-refractivity contribution in [3.8, 4) is 0 Å². The zero-order chi connectivity index (χ0) is 27.0. The van der Waals surface area contributed by atoms with Crippen molar-refractivity contribution < 1.29 is 38.8 Å². The molecule has 4 atom stereocenters. The average Bonchev–Trinajstić information content (AvgIpc) is 2.69. The number of hydrogen-bond donors (Lipinski definition) is 2. The van der Waals surface area contributed by atoms with Gasteiger partial charge in [0.2, 0.25) is 0 Å². The lowest BCUT2D eigenvalue weighted by Crippen LogP contribution is -2.43. The molecule has 0 fully saturated rings. The van der Waals surface area contributed by atoms with Gasteiger partial charge in [-0.2, -0.15) is 0 Å². The molecule has 0 bridgehead atoms. The summed E-state index contributed by atoms with van der Waals surface area (Å²) in [6.07, 6.45) is 2.34. The summed E-state index contributed by atoms with van der Waals surface area (Å²) in [6, 6.07) is 0. The Morgan fingerprint density at radius 3 is 1.66 bits per heavy atom. The van der Waals surface area contributed by atoms with Crippen LogP contribution in [0.4, 0.5) is 4.79 Å². The molecule has 4 unspecified atom stereocenters. The molecule has 0 aliphatic carbocycles. The first-order valence-corrected chi connectivity index (χ1v) is 12.8. The Labute approximate surface area is 211 Å². The lowest BCUT2D eigenvalue weighted by molar-refractivity contribution is -0.139. The molecule has 35 heavy (non-hydrogen) atoms. The molecule has 0 spiro atoms. The Morgan fingerprint density at radius 2 is 1.26 bits per heavy atom. The predicted octanol–water partition coefficient (Wildman–Crippen LogP) is 4.92. The summed E-state index contributed by atoms with van der Waals surface area (Å²) in [5.74, 6) is -1.67. The van der Waals surface area contributed by atoms with Gasteiger partial charge in [0, 0.05) is 32.2 Å². The van der Waals surface area contributed by atoms with Crippen molar-refractivity contribution >= 4 is 18.0 Å². The van der Waals surface area contributed by atoms with Gasteiger partial charge in [0.1, 0.15) is 5.60 Å². The van der Waals surface area contributed by atoms with E-state index in [9.17, 15) is 14.4 Å².